The number of alkyl halides is 1. The molecule has 0 radical (unpaired) electrons. The molecule has 18 heavy (non-hydrogen) atoms. The fourth-order valence-electron chi connectivity index (χ4n) is 1.08. The van der Waals surface area contributed by atoms with Crippen LogP contribution in [0.2, 0.25) is 5.02 Å². The summed E-state index contributed by atoms with van der Waals surface area (Å²) in [6.07, 6.45) is 0. The number of hydrogen-bond acceptors (Lipinski definition) is 5. The Balaban J connectivity index is 2.75. The molecule has 0 aromatic heterocycles. The number of methoxy groups -OCH3 is 1. The second-order valence-corrected chi connectivity index (χ2v) is 4.69. The van der Waals surface area contributed by atoms with Crippen LogP contribution in [0.4, 0.5) is 5.69 Å². The van der Waals surface area contributed by atoms with Gasteiger partial charge in [-0.3, -0.25) is 14.9 Å². The largest absolute Gasteiger partial charge is 0.490 e. The Kier molecular flexibility index (Phi) is 5.36. The van der Waals surface area contributed by atoms with Crippen molar-refractivity contribution in [2.45, 2.75) is 4.83 Å². The lowest BCUT2D eigenvalue weighted by Gasteiger charge is -2.10. The van der Waals surface area contributed by atoms with E-state index in [2.05, 4.69) is 20.7 Å². The Hall–Kier alpha value is -1.34. The summed E-state index contributed by atoms with van der Waals surface area (Å²) >= 11 is 8.88. The molecule has 1 aromatic rings. The van der Waals surface area contributed by atoms with E-state index in [0.717, 1.165) is 0 Å². The first-order valence-corrected chi connectivity index (χ1v) is 6.03. The highest BCUT2D eigenvalue weighted by Gasteiger charge is 2.17. The lowest BCUT2D eigenvalue weighted by Crippen LogP contribution is -2.23. The van der Waals surface area contributed by atoms with Gasteiger partial charge in [-0.1, -0.05) is 27.5 Å². The van der Waals surface area contributed by atoms with Crippen LogP contribution in [-0.4, -0.2) is 29.4 Å². The Morgan fingerprint density at radius 1 is 1.61 bits per heavy atom. The third-order valence-electron chi connectivity index (χ3n) is 1.97. The molecule has 1 rings (SSSR count). The number of benzene rings is 1. The van der Waals surface area contributed by atoms with Gasteiger partial charge in [0.25, 0.3) is 5.69 Å². The molecule has 0 aliphatic rings. The summed E-state index contributed by atoms with van der Waals surface area (Å²) < 4.78 is 9.71. The van der Waals surface area contributed by atoms with Crippen LogP contribution in [-0.2, 0) is 9.53 Å². The molecule has 0 heterocycles. The monoisotopic (exact) mass is 337 g/mol. The van der Waals surface area contributed by atoms with Crippen molar-refractivity contribution >= 4 is 39.2 Å². The van der Waals surface area contributed by atoms with Gasteiger partial charge in [0.2, 0.25) is 0 Å². The van der Waals surface area contributed by atoms with Gasteiger partial charge in [-0.05, 0) is 6.07 Å². The number of nitrogens with zero attached hydrogens (tertiary/aromatic N) is 1. The van der Waals surface area contributed by atoms with Gasteiger partial charge in [0.1, 0.15) is 17.2 Å². The summed E-state index contributed by atoms with van der Waals surface area (Å²) in [5, 5.41) is 10.8. The number of hydrogen-bond donors (Lipinski definition) is 0. The molecule has 0 N–H and O–H groups in total. The topological polar surface area (TPSA) is 78.7 Å². The normalized spacial score (nSPS) is 11.7. The Morgan fingerprint density at radius 3 is 2.83 bits per heavy atom. The highest BCUT2D eigenvalue weighted by molar-refractivity contribution is 9.10. The molecule has 0 fully saturated rings. The summed E-state index contributed by atoms with van der Waals surface area (Å²) in [7, 11) is 1.25. The summed E-state index contributed by atoms with van der Waals surface area (Å²) in [6, 6.07) is 3.82. The molecule has 0 bridgehead atoms. The van der Waals surface area contributed by atoms with Gasteiger partial charge < -0.3 is 9.47 Å². The van der Waals surface area contributed by atoms with Crippen molar-refractivity contribution in [3.63, 3.8) is 0 Å². The summed E-state index contributed by atoms with van der Waals surface area (Å²) in [5.41, 5.74) is -0.140. The fourth-order valence-corrected chi connectivity index (χ4v) is 1.57. The van der Waals surface area contributed by atoms with E-state index < -0.39 is 15.7 Å². The smallest absolute Gasteiger partial charge is 0.322 e. The molecule has 6 nitrogen and oxygen atoms in total. The Labute approximate surface area is 116 Å². The molecule has 0 spiro atoms. The van der Waals surface area contributed by atoms with Crippen molar-refractivity contribution < 1.29 is 19.2 Å². The number of halogens is 2. The Bertz CT molecular complexity index is 468. The first-order chi connectivity index (χ1) is 8.45. The molecule has 1 atom stereocenters. The van der Waals surface area contributed by atoms with E-state index in [0.29, 0.717) is 0 Å². The number of nitro benzene ring substituents is 1. The van der Waals surface area contributed by atoms with Crippen molar-refractivity contribution in [2.24, 2.45) is 0 Å². The van der Waals surface area contributed by atoms with Gasteiger partial charge in [0, 0.05) is 6.07 Å². The van der Waals surface area contributed by atoms with Gasteiger partial charge in [-0.25, -0.2) is 0 Å². The number of rotatable bonds is 5. The zero-order valence-corrected chi connectivity index (χ0v) is 11.6. The second-order valence-electron chi connectivity index (χ2n) is 3.17. The molecule has 0 saturated heterocycles. The van der Waals surface area contributed by atoms with Crippen LogP contribution < -0.4 is 4.74 Å². The number of carbonyl (C=O) groups is 1. The molecule has 1 aromatic carbocycles. The summed E-state index contributed by atoms with van der Waals surface area (Å²) in [5.74, 6) is -0.365. The van der Waals surface area contributed by atoms with Crippen molar-refractivity contribution in [1.29, 1.82) is 0 Å². The Morgan fingerprint density at radius 2 is 2.28 bits per heavy atom. The van der Waals surface area contributed by atoms with E-state index in [4.69, 9.17) is 16.3 Å². The van der Waals surface area contributed by atoms with Crippen LogP contribution in [0.5, 0.6) is 5.75 Å². The van der Waals surface area contributed by atoms with Gasteiger partial charge in [0.05, 0.1) is 23.1 Å². The van der Waals surface area contributed by atoms with Crippen LogP contribution in [0.1, 0.15) is 0 Å². The van der Waals surface area contributed by atoms with Crippen LogP contribution in [0.15, 0.2) is 18.2 Å². The molecule has 98 valence electrons. The van der Waals surface area contributed by atoms with Crippen molar-refractivity contribution in [3.05, 3.63) is 33.3 Å². The third-order valence-corrected chi connectivity index (χ3v) is 2.92. The van der Waals surface area contributed by atoms with Crippen molar-refractivity contribution in [2.75, 3.05) is 13.7 Å². The maximum Gasteiger partial charge on any atom is 0.322 e. The van der Waals surface area contributed by atoms with E-state index in [9.17, 15) is 14.9 Å². The number of ether oxygens (including phenoxy) is 2. The number of non-ortho nitro benzene ring substituents is 1. The van der Waals surface area contributed by atoms with Gasteiger partial charge >= 0.3 is 5.97 Å². The first-order valence-electron chi connectivity index (χ1n) is 4.74. The lowest BCUT2D eigenvalue weighted by molar-refractivity contribution is -0.384. The number of nitro groups is 1. The standard InChI is InChI=1S/C10H9BrClNO5/c1-17-10(14)7(11)5-18-9-4-6(13(15)16)2-3-8(9)12/h2-4,7H,5H2,1H3. The molecule has 0 saturated carbocycles. The van der Waals surface area contributed by atoms with Crippen LogP contribution in [0.3, 0.4) is 0 Å². The average Bonchev–Trinajstić information content (AvgIpc) is 2.36. The molecular formula is C10H9BrClNO5. The predicted molar refractivity (Wildman–Crippen MR) is 68.3 cm³/mol. The zero-order valence-electron chi connectivity index (χ0n) is 9.26. The van der Waals surface area contributed by atoms with Crippen LogP contribution in [0.25, 0.3) is 0 Å². The van der Waals surface area contributed by atoms with Gasteiger partial charge in [0.15, 0.2) is 0 Å². The third kappa shape index (κ3) is 3.85. The maximum atomic E-state index is 11.1. The first kappa shape index (κ1) is 14.7. The molecule has 1 unspecified atom stereocenters. The second kappa shape index (κ2) is 6.55. The minimum absolute atomic E-state index is 0.0481. The lowest BCUT2D eigenvalue weighted by atomic mass is 10.3. The van der Waals surface area contributed by atoms with Crippen LogP contribution in [0, 0.1) is 10.1 Å². The summed E-state index contributed by atoms with van der Waals surface area (Å²) in [6.45, 7) is -0.0481. The van der Waals surface area contributed by atoms with E-state index in [1.54, 1.807) is 0 Å². The molecule has 0 aliphatic carbocycles. The van der Waals surface area contributed by atoms with E-state index in [1.165, 1.54) is 25.3 Å². The predicted octanol–water partition coefficient (Wildman–Crippen LogP) is 2.56. The quantitative estimate of drug-likeness (QED) is 0.357. The molecular weight excluding hydrogens is 329 g/mol. The molecule has 8 heteroatoms. The molecule has 0 amide bonds. The van der Waals surface area contributed by atoms with Crippen molar-refractivity contribution in [1.82, 2.24) is 0 Å². The average molecular weight is 339 g/mol. The minimum atomic E-state index is -0.669. The number of carbonyl (C=O) groups excluding carboxylic acids is 1. The van der Waals surface area contributed by atoms with E-state index in [1.807, 2.05) is 0 Å². The zero-order chi connectivity index (χ0) is 13.7. The van der Waals surface area contributed by atoms with Gasteiger partial charge in [-0.2, -0.15) is 0 Å². The van der Waals surface area contributed by atoms with Crippen molar-refractivity contribution in [3.8, 4) is 5.75 Å². The molecule has 0 aliphatic heterocycles. The van der Waals surface area contributed by atoms with Crippen LogP contribution >= 0.6 is 27.5 Å². The minimum Gasteiger partial charge on any atom is -0.490 e. The van der Waals surface area contributed by atoms with E-state index in [-0.39, 0.29) is 23.1 Å². The number of esters is 1. The highest BCUT2D eigenvalue weighted by atomic mass is 79.9. The van der Waals surface area contributed by atoms with Gasteiger partial charge in [-0.15, -0.1) is 0 Å². The van der Waals surface area contributed by atoms with E-state index >= 15 is 0 Å². The fraction of sp³-hybridized carbons (Fsp3) is 0.300. The summed E-state index contributed by atoms with van der Waals surface area (Å²) in [4.78, 5) is 20.5. The SMILES string of the molecule is COC(=O)C(Br)COc1cc([N+](=O)[O-])ccc1Cl. The maximum absolute atomic E-state index is 11.1. The highest BCUT2D eigenvalue weighted by Crippen LogP contribution is 2.29.